The number of hydrogen-bond donors (Lipinski definition) is 1. The normalized spacial score (nSPS) is 18.9. The Labute approximate surface area is 124 Å². The Morgan fingerprint density at radius 1 is 1.33 bits per heavy atom. The van der Waals surface area contributed by atoms with E-state index in [1.165, 1.54) is 12.1 Å². The lowest BCUT2D eigenvalue weighted by Gasteiger charge is -2.11. The molecule has 1 N–H and O–H groups in total. The predicted octanol–water partition coefficient (Wildman–Crippen LogP) is 0.185. The van der Waals surface area contributed by atoms with Crippen molar-refractivity contribution < 1.29 is 18.0 Å². The maximum atomic E-state index is 12.0. The number of rotatable bonds is 4. The maximum absolute atomic E-state index is 12.0. The monoisotopic (exact) mass is 310 g/mol. The molecule has 1 heterocycles. The van der Waals surface area contributed by atoms with Crippen LogP contribution in [0.25, 0.3) is 0 Å². The van der Waals surface area contributed by atoms with E-state index in [0.717, 1.165) is 11.8 Å². The van der Waals surface area contributed by atoms with Crippen LogP contribution in [0.3, 0.4) is 0 Å². The Hall–Kier alpha value is -1.89. The third-order valence-corrected chi connectivity index (χ3v) is 4.66. The number of carbonyl (C=O) groups excluding carboxylic acids is 2. The lowest BCUT2D eigenvalue weighted by atomic mass is 10.1. The zero-order chi connectivity index (χ0) is 15.6. The van der Waals surface area contributed by atoms with Crippen LogP contribution in [0.2, 0.25) is 0 Å². The van der Waals surface area contributed by atoms with Gasteiger partial charge in [0.05, 0.1) is 10.8 Å². The number of nitrogens with zero attached hydrogens (tertiary/aromatic N) is 1. The Morgan fingerprint density at radius 3 is 2.43 bits per heavy atom. The van der Waals surface area contributed by atoms with Gasteiger partial charge >= 0.3 is 0 Å². The fraction of sp³-hybridized carbons (Fsp3) is 0.429. The third-order valence-electron chi connectivity index (χ3n) is 3.53. The maximum Gasteiger partial charge on any atom is 0.225 e. The molecule has 1 aromatic carbocycles. The summed E-state index contributed by atoms with van der Waals surface area (Å²) in [6.45, 7) is 0.759. The highest BCUT2D eigenvalue weighted by molar-refractivity contribution is 7.90. The third kappa shape index (κ3) is 3.81. The first kappa shape index (κ1) is 15.5. The summed E-state index contributed by atoms with van der Waals surface area (Å²) >= 11 is 0. The quantitative estimate of drug-likeness (QED) is 0.860. The van der Waals surface area contributed by atoms with Gasteiger partial charge in [0.2, 0.25) is 11.8 Å². The zero-order valence-electron chi connectivity index (χ0n) is 12.0. The van der Waals surface area contributed by atoms with Crippen molar-refractivity contribution in [3.63, 3.8) is 0 Å². The highest BCUT2D eigenvalue weighted by Gasteiger charge is 2.31. The summed E-state index contributed by atoms with van der Waals surface area (Å²) in [5.41, 5.74) is 0.813. The molecule has 7 heteroatoms. The fourth-order valence-corrected chi connectivity index (χ4v) is 2.86. The van der Waals surface area contributed by atoms with Gasteiger partial charge in [-0.1, -0.05) is 12.1 Å². The van der Waals surface area contributed by atoms with Gasteiger partial charge in [0, 0.05) is 32.8 Å². The van der Waals surface area contributed by atoms with E-state index in [2.05, 4.69) is 5.32 Å². The lowest BCUT2D eigenvalue weighted by Crippen LogP contribution is -2.31. The average molecular weight is 310 g/mol. The van der Waals surface area contributed by atoms with Crippen molar-refractivity contribution in [1.29, 1.82) is 0 Å². The minimum Gasteiger partial charge on any atom is -0.352 e. The van der Waals surface area contributed by atoms with Gasteiger partial charge in [-0.05, 0) is 17.7 Å². The van der Waals surface area contributed by atoms with E-state index in [9.17, 15) is 18.0 Å². The second-order valence-electron chi connectivity index (χ2n) is 5.31. The largest absolute Gasteiger partial charge is 0.352 e. The molecule has 1 atom stereocenters. The zero-order valence-corrected chi connectivity index (χ0v) is 12.8. The molecule has 1 aliphatic heterocycles. The number of likely N-dealkylation sites (tertiary alicyclic amines) is 1. The summed E-state index contributed by atoms with van der Waals surface area (Å²) in [5.74, 6) is -0.481. The average Bonchev–Trinajstić information content (AvgIpc) is 2.75. The number of carbonyl (C=O) groups is 2. The number of sulfone groups is 1. The van der Waals surface area contributed by atoms with Crippen molar-refractivity contribution in [3.8, 4) is 0 Å². The molecule has 1 aromatic rings. The molecule has 114 valence electrons. The Balaban J connectivity index is 1.91. The van der Waals surface area contributed by atoms with Crippen LogP contribution in [0.4, 0.5) is 0 Å². The van der Waals surface area contributed by atoms with Gasteiger partial charge in [0.25, 0.3) is 0 Å². The Bertz CT molecular complexity index is 652. The summed E-state index contributed by atoms with van der Waals surface area (Å²) in [6.07, 6.45) is 1.40. The number of amides is 2. The van der Waals surface area contributed by atoms with Crippen molar-refractivity contribution in [2.24, 2.45) is 5.92 Å². The van der Waals surface area contributed by atoms with Crippen LogP contribution in [-0.4, -0.2) is 45.0 Å². The standard InChI is InChI=1S/C14H18N2O4S/c1-16-9-11(7-13(16)17)14(18)15-8-10-3-5-12(6-4-10)21(2,19)20/h3-6,11H,7-9H2,1-2H3,(H,15,18)/t11-/m0/s1. The molecule has 0 bridgehead atoms. The van der Waals surface area contributed by atoms with E-state index in [0.29, 0.717) is 13.1 Å². The molecule has 0 aliphatic carbocycles. The highest BCUT2D eigenvalue weighted by atomic mass is 32.2. The molecule has 0 aromatic heterocycles. The first-order valence-corrected chi connectivity index (χ1v) is 8.47. The molecule has 1 saturated heterocycles. The Kier molecular flexibility index (Phi) is 4.32. The van der Waals surface area contributed by atoms with Crippen LogP contribution in [0.5, 0.6) is 0 Å². The van der Waals surface area contributed by atoms with Gasteiger partial charge in [-0.3, -0.25) is 9.59 Å². The van der Waals surface area contributed by atoms with E-state index < -0.39 is 9.84 Å². The van der Waals surface area contributed by atoms with E-state index in [1.54, 1.807) is 24.1 Å². The van der Waals surface area contributed by atoms with Gasteiger partial charge in [-0.2, -0.15) is 0 Å². The molecule has 0 unspecified atom stereocenters. The second-order valence-corrected chi connectivity index (χ2v) is 7.32. The van der Waals surface area contributed by atoms with Crippen molar-refractivity contribution in [1.82, 2.24) is 10.2 Å². The second kappa shape index (κ2) is 5.85. The van der Waals surface area contributed by atoms with Gasteiger partial charge < -0.3 is 10.2 Å². The van der Waals surface area contributed by atoms with Crippen molar-refractivity contribution in [2.75, 3.05) is 19.8 Å². The number of nitrogens with one attached hydrogen (secondary N) is 1. The van der Waals surface area contributed by atoms with E-state index >= 15 is 0 Å². The van der Waals surface area contributed by atoms with Crippen LogP contribution < -0.4 is 5.32 Å². The first-order valence-electron chi connectivity index (χ1n) is 6.58. The lowest BCUT2D eigenvalue weighted by molar-refractivity contribution is -0.128. The molecule has 2 rings (SSSR count). The van der Waals surface area contributed by atoms with Crippen molar-refractivity contribution in [2.45, 2.75) is 17.9 Å². The van der Waals surface area contributed by atoms with Crippen LogP contribution in [0.15, 0.2) is 29.2 Å². The van der Waals surface area contributed by atoms with Crippen LogP contribution in [0.1, 0.15) is 12.0 Å². The van der Waals surface area contributed by atoms with E-state index in [4.69, 9.17) is 0 Å². The summed E-state index contributed by atoms with van der Waals surface area (Å²) < 4.78 is 22.7. The predicted molar refractivity (Wildman–Crippen MR) is 77.1 cm³/mol. The number of benzene rings is 1. The molecule has 2 amide bonds. The highest BCUT2D eigenvalue weighted by Crippen LogP contribution is 2.16. The molecule has 21 heavy (non-hydrogen) atoms. The first-order chi connectivity index (χ1) is 9.77. The summed E-state index contributed by atoms with van der Waals surface area (Å²) in [7, 11) is -1.53. The van der Waals surface area contributed by atoms with E-state index in [-0.39, 0.29) is 29.0 Å². The molecule has 0 spiro atoms. The molecule has 6 nitrogen and oxygen atoms in total. The minimum absolute atomic E-state index is 0.0207. The summed E-state index contributed by atoms with van der Waals surface area (Å²) in [6, 6.07) is 6.37. The smallest absolute Gasteiger partial charge is 0.225 e. The minimum atomic E-state index is -3.21. The number of hydrogen-bond acceptors (Lipinski definition) is 4. The van der Waals surface area contributed by atoms with Crippen LogP contribution in [-0.2, 0) is 26.0 Å². The SMILES string of the molecule is CN1C[C@@H](C(=O)NCc2ccc(S(C)(=O)=O)cc2)CC1=O. The van der Waals surface area contributed by atoms with Gasteiger partial charge in [-0.15, -0.1) is 0 Å². The van der Waals surface area contributed by atoms with Gasteiger partial charge in [0.15, 0.2) is 9.84 Å². The van der Waals surface area contributed by atoms with Gasteiger partial charge in [-0.25, -0.2) is 8.42 Å². The van der Waals surface area contributed by atoms with Crippen LogP contribution in [0, 0.1) is 5.92 Å². The molecule has 1 aliphatic rings. The Morgan fingerprint density at radius 2 is 1.95 bits per heavy atom. The summed E-state index contributed by atoms with van der Waals surface area (Å²) in [4.78, 5) is 25.1. The topological polar surface area (TPSA) is 83.6 Å². The molecule has 0 radical (unpaired) electrons. The van der Waals surface area contributed by atoms with Crippen LogP contribution >= 0.6 is 0 Å². The molecular weight excluding hydrogens is 292 g/mol. The fourth-order valence-electron chi connectivity index (χ4n) is 2.23. The van der Waals surface area contributed by atoms with Crippen molar-refractivity contribution >= 4 is 21.7 Å². The van der Waals surface area contributed by atoms with Gasteiger partial charge in [0.1, 0.15) is 0 Å². The van der Waals surface area contributed by atoms with Crippen molar-refractivity contribution in [3.05, 3.63) is 29.8 Å². The molecule has 1 fully saturated rings. The molecular formula is C14H18N2O4S. The summed E-state index contributed by atoms with van der Waals surface area (Å²) in [5, 5.41) is 2.77. The molecule has 0 saturated carbocycles. The van der Waals surface area contributed by atoms with E-state index in [1.807, 2.05) is 0 Å².